The van der Waals surface area contributed by atoms with E-state index in [9.17, 15) is 13.2 Å². The van der Waals surface area contributed by atoms with Crippen LogP contribution in [-0.4, -0.2) is 19.2 Å². The number of halogens is 3. The Morgan fingerprint density at radius 2 is 1.93 bits per heavy atom. The lowest BCUT2D eigenvalue weighted by molar-refractivity contribution is 0.140. The standard InChI is InChI=1S/C8H8F3NO2/c1-13-4-3-12-8(14-2)6(9)5(4)7(10)11/h3,7H,1-2H3. The smallest absolute Gasteiger partial charge is 0.270 e. The van der Waals surface area contributed by atoms with Crippen molar-refractivity contribution in [2.24, 2.45) is 0 Å². The summed E-state index contributed by atoms with van der Waals surface area (Å²) < 4.78 is 47.0. The van der Waals surface area contributed by atoms with Crippen molar-refractivity contribution in [2.45, 2.75) is 6.43 Å². The molecular weight excluding hydrogens is 199 g/mol. The van der Waals surface area contributed by atoms with Crippen molar-refractivity contribution in [1.82, 2.24) is 4.98 Å². The molecule has 0 radical (unpaired) electrons. The fourth-order valence-electron chi connectivity index (χ4n) is 0.975. The van der Waals surface area contributed by atoms with E-state index < -0.39 is 23.7 Å². The summed E-state index contributed by atoms with van der Waals surface area (Å²) in [6, 6.07) is 0. The lowest BCUT2D eigenvalue weighted by Gasteiger charge is -2.09. The third kappa shape index (κ3) is 1.73. The first-order valence-corrected chi connectivity index (χ1v) is 3.66. The maximum Gasteiger partial charge on any atom is 0.270 e. The van der Waals surface area contributed by atoms with Gasteiger partial charge >= 0.3 is 0 Å². The summed E-state index contributed by atoms with van der Waals surface area (Å²) in [5.41, 5.74) is -0.834. The average Bonchev–Trinajstić information content (AvgIpc) is 2.16. The lowest BCUT2D eigenvalue weighted by atomic mass is 10.2. The van der Waals surface area contributed by atoms with Crippen LogP contribution in [0.4, 0.5) is 13.2 Å². The predicted octanol–water partition coefficient (Wildman–Crippen LogP) is 2.18. The van der Waals surface area contributed by atoms with E-state index in [1.54, 1.807) is 0 Å². The number of pyridine rings is 1. The minimum Gasteiger partial charge on any atom is -0.495 e. The summed E-state index contributed by atoms with van der Waals surface area (Å²) in [4.78, 5) is 3.46. The Morgan fingerprint density at radius 1 is 1.29 bits per heavy atom. The minimum atomic E-state index is -2.97. The number of methoxy groups -OCH3 is 2. The minimum absolute atomic E-state index is 0.293. The largest absolute Gasteiger partial charge is 0.495 e. The molecule has 6 heteroatoms. The molecule has 1 aromatic rings. The monoisotopic (exact) mass is 207 g/mol. The summed E-state index contributed by atoms with van der Waals surface area (Å²) in [7, 11) is 2.31. The highest BCUT2D eigenvalue weighted by molar-refractivity contribution is 5.37. The van der Waals surface area contributed by atoms with Gasteiger partial charge in [-0.1, -0.05) is 0 Å². The van der Waals surface area contributed by atoms with Gasteiger partial charge in [-0.3, -0.25) is 0 Å². The van der Waals surface area contributed by atoms with Crippen LogP contribution in [0.5, 0.6) is 11.6 Å². The highest BCUT2D eigenvalue weighted by atomic mass is 19.3. The van der Waals surface area contributed by atoms with Crippen LogP contribution in [0.15, 0.2) is 6.20 Å². The van der Waals surface area contributed by atoms with Crippen LogP contribution in [0.2, 0.25) is 0 Å². The van der Waals surface area contributed by atoms with Gasteiger partial charge in [0, 0.05) is 0 Å². The van der Waals surface area contributed by atoms with Crippen molar-refractivity contribution >= 4 is 0 Å². The molecule has 14 heavy (non-hydrogen) atoms. The SMILES string of the molecule is COc1cnc(OC)c(F)c1C(F)F. The fraction of sp³-hybridized carbons (Fsp3) is 0.375. The van der Waals surface area contributed by atoms with Crippen LogP contribution in [0.3, 0.4) is 0 Å². The Hall–Kier alpha value is -1.46. The Labute approximate surface area is 78.5 Å². The van der Waals surface area contributed by atoms with Crippen LogP contribution in [-0.2, 0) is 0 Å². The zero-order chi connectivity index (χ0) is 10.7. The van der Waals surface area contributed by atoms with Gasteiger partial charge in [0.2, 0.25) is 0 Å². The van der Waals surface area contributed by atoms with Gasteiger partial charge in [-0.25, -0.2) is 18.2 Å². The van der Waals surface area contributed by atoms with E-state index >= 15 is 0 Å². The first-order chi connectivity index (χ1) is 6.61. The fourth-order valence-corrected chi connectivity index (χ4v) is 0.975. The van der Waals surface area contributed by atoms with Crippen LogP contribution < -0.4 is 9.47 Å². The molecule has 1 aromatic heterocycles. The van der Waals surface area contributed by atoms with E-state index in [1.165, 1.54) is 0 Å². The molecule has 0 aliphatic rings. The molecule has 0 aromatic carbocycles. The van der Waals surface area contributed by atoms with Crippen LogP contribution in [0.25, 0.3) is 0 Å². The molecule has 0 aliphatic heterocycles. The number of ether oxygens (including phenoxy) is 2. The molecule has 0 saturated carbocycles. The number of rotatable bonds is 3. The average molecular weight is 207 g/mol. The molecule has 0 spiro atoms. The third-order valence-corrected chi connectivity index (χ3v) is 1.62. The van der Waals surface area contributed by atoms with Gasteiger partial charge in [0.05, 0.1) is 20.4 Å². The van der Waals surface area contributed by atoms with Gasteiger partial charge in [0.1, 0.15) is 11.3 Å². The summed E-state index contributed by atoms with van der Waals surface area (Å²) in [6.45, 7) is 0. The Balaban J connectivity index is 3.31. The Morgan fingerprint density at radius 3 is 2.36 bits per heavy atom. The molecule has 0 N–H and O–H groups in total. The van der Waals surface area contributed by atoms with E-state index in [1.807, 2.05) is 0 Å². The van der Waals surface area contributed by atoms with E-state index in [-0.39, 0.29) is 5.75 Å². The van der Waals surface area contributed by atoms with Crippen molar-refractivity contribution in [3.8, 4) is 11.6 Å². The number of hydrogen-bond acceptors (Lipinski definition) is 3. The van der Waals surface area contributed by atoms with Crippen LogP contribution in [0.1, 0.15) is 12.0 Å². The molecule has 0 saturated heterocycles. The quantitative estimate of drug-likeness (QED) is 0.761. The summed E-state index contributed by atoms with van der Waals surface area (Å²) >= 11 is 0. The maximum atomic E-state index is 13.2. The van der Waals surface area contributed by atoms with Gasteiger partial charge in [0.15, 0.2) is 5.82 Å². The van der Waals surface area contributed by atoms with Gasteiger partial charge in [-0.05, 0) is 0 Å². The molecule has 0 fully saturated rings. The van der Waals surface area contributed by atoms with E-state index in [4.69, 9.17) is 0 Å². The van der Waals surface area contributed by atoms with Crippen molar-refractivity contribution in [3.63, 3.8) is 0 Å². The molecule has 0 amide bonds. The van der Waals surface area contributed by atoms with Crippen molar-refractivity contribution < 1.29 is 22.6 Å². The zero-order valence-corrected chi connectivity index (χ0v) is 7.55. The molecule has 0 unspecified atom stereocenters. The number of hydrogen-bond donors (Lipinski definition) is 0. The molecule has 1 rings (SSSR count). The Kier molecular flexibility index (Phi) is 3.16. The van der Waals surface area contributed by atoms with Crippen LogP contribution >= 0.6 is 0 Å². The number of alkyl halides is 2. The van der Waals surface area contributed by atoms with E-state index in [2.05, 4.69) is 14.5 Å². The van der Waals surface area contributed by atoms with E-state index in [0.717, 1.165) is 20.4 Å². The molecule has 1 heterocycles. The highest BCUT2D eigenvalue weighted by Gasteiger charge is 2.23. The number of nitrogens with zero attached hydrogens (tertiary/aromatic N) is 1. The summed E-state index contributed by atoms with van der Waals surface area (Å²) in [5, 5.41) is 0. The normalized spacial score (nSPS) is 10.4. The first kappa shape index (κ1) is 10.6. The molecule has 0 atom stereocenters. The van der Waals surface area contributed by atoms with Gasteiger partial charge in [0.25, 0.3) is 12.3 Å². The van der Waals surface area contributed by atoms with Gasteiger partial charge in [-0.15, -0.1) is 0 Å². The topological polar surface area (TPSA) is 31.4 Å². The first-order valence-electron chi connectivity index (χ1n) is 3.66. The molecular formula is C8H8F3NO2. The molecule has 0 aliphatic carbocycles. The highest BCUT2D eigenvalue weighted by Crippen LogP contribution is 2.34. The van der Waals surface area contributed by atoms with Crippen molar-refractivity contribution in [2.75, 3.05) is 14.2 Å². The zero-order valence-electron chi connectivity index (χ0n) is 7.55. The maximum absolute atomic E-state index is 13.2. The molecule has 3 nitrogen and oxygen atoms in total. The van der Waals surface area contributed by atoms with Crippen molar-refractivity contribution in [3.05, 3.63) is 17.6 Å². The lowest BCUT2D eigenvalue weighted by Crippen LogP contribution is -2.01. The number of aromatic nitrogens is 1. The Bertz CT molecular complexity index is 331. The summed E-state index contributed by atoms with van der Waals surface area (Å²) in [5.74, 6) is -1.96. The molecule has 78 valence electrons. The third-order valence-electron chi connectivity index (χ3n) is 1.62. The summed E-state index contributed by atoms with van der Waals surface area (Å²) in [6.07, 6.45) is -1.98. The second kappa shape index (κ2) is 4.17. The molecule has 0 bridgehead atoms. The predicted molar refractivity (Wildman–Crippen MR) is 42.3 cm³/mol. The second-order valence-corrected chi connectivity index (χ2v) is 2.36. The second-order valence-electron chi connectivity index (χ2n) is 2.36. The van der Waals surface area contributed by atoms with Gasteiger partial charge < -0.3 is 9.47 Å². The van der Waals surface area contributed by atoms with E-state index in [0.29, 0.717) is 0 Å². The van der Waals surface area contributed by atoms with Crippen LogP contribution in [0, 0.1) is 5.82 Å². The van der Waals surface area contributed by atoms with Crippen molar-refractivity contribution in [1.29, 1.82) is 0 Å². The van der Waals surface area contributed by atoms with Gasteiger partial charge in [-0.2, -0.15) is 0 Å².